The van der Waals surface area contributed by atoms with Gasteiger partial charge in [0, 0.05) is 22.2 Å². The Morgan fingerprint density at radius 1 is 0.875 bits per heavy atom. The monoisotopic (exact) mass is 488 g/mol. The van der Waals surface area contributed by atoms with Crippen LogP contribution in [-0.4, -0.2) is 12.6 Å². The number of nitrogens with one attached hydrogen (secondary N) is 2. The average Bonchev–Trinajstić information content (AvgIpc) is 3.18. The zero-order chi connectivity index (χ0) is 21.7. The largest absolute Gasteiger partial charge is 0.454 e. The lowest BCUT2D eigenvalue weighted by Gasteiger charge is -2.30. The number of Topliss-reactive ketones (excluding diaryl/α,β-unsaturated/α-hetero) is 1. The topological polar surface area (TPSA) is 59.6 Å². The van der Waals surface area contributed by atoms with E-state index in [2.05, 4.69) is 38.7 Å². The van der Waals surface area contributed by atoms with Gasteiger partial charge in [0.2, 0.25) is 6.79 Å². The fourth-order valence-electron chi connectivity index (χ4n) is 4.84. The number of rotatable bonds is 2. The molecule has 5 nitrogen and oxygen atoms in total. The summed E-state index contributed by atoms with van der Waals surface area (Å²) in [5, 5.41) is 7.21. The van der Waals surface area contributed by atoms with E-state index in [1.165, 1.54) is 5.56 Å². The third kappa shape index (κ3) is 3.26. The number of ether oxygens (including phenoxy) is 2. The summed E-state index contributed by atoms with van der Waals surface area (Å²) < 4.78 is 12.0. The van der Waals surface area contributed by atoms with Crippen molar-refractivity contribution in [3.63, 3.8) is 0 Å². The van der Waals surface area contributed by atoms with Crippen molar-refractivity contribution in [2.24, 2.45) is 0 Å². The highest BCUT2D eigenvalue weighted by Crippen LogP contribution is 2.47. The maximum absolute atomic E-state index is 13.6. The summed E-state index contributed by atoms with van der Waals surface area (Å²) in [6, 6.07) is 22.0. The van der Waals surface area contributed by atoms with E-state index < -0.39 is 0 Å². The van der Waals surface area contributed by atoms with E-state index in [1.807, 2.05) is 54.6 Å². The first-order valence-electron chi connectivity index (χ1n) is 10.7. The molecule has 0 unspecified atom stereocenters. The number of fused-ring (bicyclic) bond motifs is 2. The first-order chi connectivity index (χ1) is 15.7. The van der Waals surface area contributed by atoms with Gasteiger partial charge in [-0.3, -0.25) is 4.79 Å². The second-order valence-electron chi connectivity index (χ2n) is 8.31. The number of anilines is 2. The number of benzene rings is 3. The molecule has 0 amide bonds. The molecule has 160 valence electrons. The van der Waals surface area contributed by atoms with Crippen LogP contribution in [0.3, 0.4) is 0 Å². The number of ketones is 1. The maximum atomic E-state index is 13.6. The molecule has 6 heteroatoms. The molecule has 3 aromatic carbocycles. The first kappa shape index (κ1) is 19.4. The summed E-state index contributed by atoms with van der Waals surface area (Å²) in [7, 11) is 0. The fourth-order valence-corrected chi connectivity index (χ4v) is 5.39. The lowest BCUT2D eigenvalue weighted by Crippen LogP contribution is -2.27. The van der Waals surface area contributed by atoms with E-state index in [1.54, 1.807) is 0 Å². The number of allylic oxidation sites excluding steroid dienone is 1. The Bertz CT molecular complexity index is 1260. The van der Waals surface area contributed by atoms with E-state index in [4.69, 9.17) is 9.47 Å². The van der Waals surface area contributed by atoms with E-state index in [0.717, 1.165) is 39.1 Å². The molecule has 0 saturated heterocycles. The van der Waals surface area contributed by atoms with Crippen LogP contribution < -0.4 is 20.1 Å². The smallest absolute Gasteiger partial charge is 0.231 e. The third-order valence-electron chi connectivity index (χ3n) is 6.38. The van der Waals surface area contributed by atoms with Crippen molar-refractivity contribution in [3.8, 4) is 11.5 Å². The summed E-state index contributed by atoms with van der Waals surface area (Å²) in [5.41, 5.74) is 5.84. The van der Waals surface area contributed by atoms with Crippen LogP contribution in [0.1, 0.15) is 35.9 Å². The second kappa shape index (κ2) is 7.71. The van der Waals surface area contributed by atoms with Gasteiger partial charge in [-0.05, 0) is 47.7 Å². The molecule has 2 atom stereocenters. The molecule has 0 spiro atoms. The number of para-hydroxylation sites is 2. The molecule has 0 fully saturated rings. The fraction of sp³-hybridized carbons (Fsp3) is 0.192. The lowest BCUT2D eigenvalue weighted by molar-refractivity contribution is -0.116. The molecule has 1 aliphatic carbocycles. The van der Waals surface area contributed by atoms with Crippen LogP contribution >= 0.6 is 15.9 Å². The van der Waals surface area contributed by atoms with Crippen LogP contribution in [0.5, 0.6) is 11.5 Å². The van der Waals surface area contributed by atoms with Crippen LogP contribution in [0.2, 0.25) is 0 Å². The highest BCUT2D eigenvalue weighted by Gasteiger charge is 2.37. The number of carbonyl (C=O) groups excluding carboxylic acids is 1. The van der Waals surface area contributed by atoms with Gasteiger partial charge >= 0.3 is 0 Å². The number of carbonyl (C=O) groups is 1. The van der Waals surface area contributed by atoms with Gasteiger partial charge in [0.15, 0.2) is 17.3 Å². The zero-order valence-corrected chi connectivity index (χ0v) is 18.8. The molecular formula is C26H21BrN2O3. The molecule has 0 saturated carbocycles. The Kier molecular flexibility index (Phi) is 4.68. The summed E-state index contributed by atoms with van der Waals surface area (Å²) in [6.45, 7) is 0.208. The van der Waals surface area contributed by atoms with Crippen LogP contribution in [0.15, 0.2) is 82.5 Å². The van der Waals surface area contributed by atoms with Crippen LogP contribution in [0.4, 0.5) is 11.4 Å². The summed E-state index contributed by atoms with van der Waals surface area (Å²) in [5.74, 6) is 1.72. The lowest BCUT2D eigenvalue weighted by atomic mass is 9.78. The Balaban J connectivity index is 1.49. The molecule has 0 aromatic heterocycles. The number of hydrogen-bond acceptors (Lipinski definition) is 5. The van der Waals surface area contributed by atoms with Gasteiger partial charge in [-0.2, -0.15) is 0 Å². The molecule has 2 heterocycles. The molecule has 2 aliphatic heterocycles. The van der Waals surface area contributed by atoms with Crippen LogP contribution in [0.25, 0.3) is 0 Å². The van der Waals surface area contributed by atoms with Gasteiger partial charge in [-0.25, -0.2) is 0 Å². The molecular weight excluding hydrogens is 468 g/mol. The Morgan fingerprint density at radius 2 is 1.59 bits per heavy atom. The van der Waals surface area contributed by atoms with Crippen molar-refractivity contribution >= 4 is 33.1 Å². The molecule has 0 bridgehead atoms. The molecule has 32 heavy (non-hydrogen) atoms. The first-order valence-corrected chi connectivity index (χ1v) is 11.5. The van der Waals surface area contributed by atoms with Gasteiger partial charge in [-0.1, -0.05) is 58.4 Å². The zero-order valence-electron chi connectivity index (χ0n) is 17.2. The highest BCUT2D eigenvalue weighted by atomic mass is 79.9. The molecule has 6 rings (SSSR count). The Morgan fingerprint density at radius 3 is 2.41 bits per heavy atom. The molecule has 3 aromatic rings. The highest BCUT2D eigenvalue weighted by molar-refractivity contribution is 9.10. The Hall–Kier alpha value is -3.25. The molecule has 0 radical (unpaired) electrons. The SMILES string of the molecule is O=C1C[C@H](c2ccccc2)CC2=C1[C@H](c1cc3c(cc1Br)OCO3)Nc1ccccc1N2. The van der Waals surface area contributed by atoms with E-state index >= 15 is 0 Å². The van der Waals surface area contributed by atoms with Crippen molar-refractivity contribution in [2.45, 2.75) is 24.8 Å². The van der Waals surface area contributed by atoms with E-state index in [-0.39, 0.29) is 24.5 Å². The predicted octanol–water partition coefficient (Wildman–Crippen LogP) is 6.16. The maximum Gasteiger partial charge on any atom is 0.231 e. The van der Waals surface area contributed by atoms with Crippen LogP contribution in [0, 0.1) is 0 Å². The minimum absolute atomic E-state index is 0.154. The van der Waals surface area contributed by atoms with Crippen LogP contribution in [-0.2, 0) is 4.79 Å². The van der Waals surface area contributed by atoms with Crippen molar-refractivity contribution < 1.29 is 14.3 Å². The van der Waals surface area contributed by atoms with Crippen molar-refractivity contribution in [3.05, 3.63) is 93.6 Å². The average molecular weight is 489 g/mol. The van der Waals surface area contributed by atoms with Gasteiger partial charge in [-0.15, -0.1) is 0 Å². The minimum atomic E-state index is -0.311. The molecule has 3 aliphatic rings. The Labute approximate surface area is 194 Å². The number of hydrogen-bond donors (Lipinski definition) is 2. The summed E-state index contributed by atoms with van der Waals surface area (Å²) in [4.78, 5) is 13.6. The van der Waals surface area contributed by atoms with E-state index in [0.29, 0.717) is 17.9 Å². The summed E-state index contributed by atoms with van der Waals surface area (Å²) in [6.07, 6.45) is 1.26. The predicted molar refractivity (Wildman–Crippen MR) is 127 cm³/mol. The van der Waals surface area contributed by atoms with Crippen molar-refractivity contribution in [1.29, 1.82) is 0 Å². The third-order valence-corrected chi connectivity index (χ3v) is 7.07. The standard InChI is InChI=1S/C26H21BrN2O3/c27-18-13-24-23(31-14-32-24)12-17(18)26-25-21(28-19-8-4-5-9-20(19)29-26)10-16(11-22(25)30)15-6-2-1-3-7-15/h1-9,12-13,16,26,28-29H,10-11,14H2/t16-,26+/m1/s1. The van der Waals surface area contributed by atoms with Gasteiger partial charge < -0.3 is 20.1 Å². The van der Waals surface area contributed by atoms with Gasteiger partial charge in [0.25, 0.3) is 0 Å². The van der Waals surface area contributed by atoms with Crippen molar-refractivity contribution in [1.82, 2.24) is 0 Å². The normalized spacial score (nSPS) is 21.2. The van der Waals surface area contributed by atoms with Gasteiger partial charge in [0.05, 0.1) is 17.4 Å². The minimum Gasteiger partial charge on any atom is -0.454 e. The summed E-state index contributed by atoms with van der Waals surface area (Å²) >= 11 is 3.71. The van der Waals surface area contributed by atoms with Crippen molar-refractivity contribution in [2.75, 3.05) is 17.4 Å². The molecule has 2 N–H and O–H groups in total. The van der Waals surface area contributed by atoms with Gasteiger partial charge in [0.1, 0.15) is 0 Å². The second-order valence-corrected chi connectivity index (χ2v) is 9.16. The quantitative estimate of drug-likeness (QED) is 0.452. The number of halogens is 1. The van der Waals surface area contributed by atoms with E-state index in [9.17, 15) is 4.79 Å².